The molecule has 10 nitrogen and oxygen atoms in total. The minimum absolute atomic E-state index is 0.0798. The number of rotatable bonds is 8. The van der Waals surface area contributed by atoms with Crippen molar-refractivity contribution in [3.8, 4) is 17.3 Å². The van der Waals surface area contributed by atoms with Gasteiger partial charge in [-0.25, -0.2) is 0 Å². The molecule has 0 fully saturated rings. The van der Waals surface area contributed by atoms with Crippen LogP contribution in [0.2, 0.25) is 0 Å². The van der Waals surface area contributed by atoms with E-state index >= 15 is 0 Å². The number of furan rings is 1. The molecule has 0 aliphatic heterocycles. The van der Waals surface area contributed by atoms with Gasteiger partial charge in [-0.2, -0.15) is 0 Å². The summed E-state index contributed by atoms with van der Waals surface area (Å²) in [6.45, 7) is 2.56. The van der Waals surface area contributed by atoms with Gasteiger partial charge >= 0.3 is 0 Å². The third-order valence-corrected chi connectivity index (χ3v) is 4.74. The quantitative estimate of drug-likeness (QED) is 0.345. The summed E-state index contributed by atoms with van der Waals surface area (Å²) in [6.07, 6.45) is 1.56. The Kier molecular flexibility index (Phi) is 5.94. The molecule has 3 rings (SSSR count). The second kappa shape index (κ2) is 8.57. The van der Waals surface area contributed by atoms with Crippen LogP contribution in [0.25, 0.3) is 11.6 Å². The largest absolute Gasteiger partial charge is 0.494 e. The highest BCUT2D eigenvalue weighted by Crippen LogP contribution is 2.29. The molecule has 3 aromatic rings. The van der Waals surface area contributed by atoms with Gasteiger partial charge < -0.3 is 14.5 Å². The number of ether oxygens (including phenoxy) is 1. The van der Waals surface area contributed by atoms with Gasteiger partial charge in [-0.1, -0.05) is 11.8 Å². The molecule has 0 atom stereocenters. The number of hydrogen-bond acceptors (Lipinski definition) is 8. The number of non-ortho nitro benzene ring substituents is 1. The van der Waals surface area contributed by atoms with Crippen molar-refractivity contribution in [2.24, 2.45) is 0 Å². The number of carbonyl (C=O) groups excluding carboxylic acids is 1. The first-order valence-corrected chi connectivity index (χ1v) is 9.24. The standard InChI is InChI=1S/C17H17N5O5S/c1-3-21-16(13-5-4-8-27-13)19-20-17(21)28-10-15(23)18-12-7-6-11(22(24)25)9-14(12)26-2/h4-9H,3,10H2,1-2H3,(H,18,23). The van der Waals surface area contributed by atoms with Crippen LogP contribution in [0, 0.1) is 10.1 Å². The summed E-state index contributed by atoms with van der Waals surface area (Å²) in [5, 5.41) is 22.4. The zero-order chi connectivity index (χ0) is 20.1. The second-order valence-electron chi connectivity index (χ2n) is 5.51. The fourth-order valence-corrected chi connectivity index (χ4v) is 3.28. The van der Waals surface area contributed by atoms with Crippen molar-refractivity contribution in [1.29, 1.82) is 0 Å². The van der Waals surface area contributed by atoms with Crippen LogP contribution >= 0.6 is 11.8 Å². The highest BCUT2D eigenvalue weighted by molar-refractivity contribution is 7.99. The number of hydrogen-bond donors (Lipinski definition) is 1. The Morgan fingerprint density at radius 2 is 2.21 bits per heavy atom. The van der Waals surface area contributed by atoms with Crippen LogP contribution in [0.1, 0.15) is 6.92 Å². The predicted molar refractivity (Wildman–Crippen MR) is 102 cm³/mol. The number of nitro groups is 1. The Morgan fingerprint density at radius 1 is 1.39 bits per heavy atom. The van der Waals surface area contributed by atoms with E-state index in [-0.39, 0.29) is 23.1 Å². The maximum atomic E-state index is 12.3. The average Bonchev–Trinajstić information content (AvgIpc) is 3.35. The summed E-state index contributed by atoms with van der Waals surface area (Å²) < 4.78 is 12.3. The Morgan fingerprint density at radius 3 is 2.86 bits per heavy atom. The van der Waals surface area contributed by atoms with Crippen molar-refractivity contribution in [1.82, 2.24) is 14.8 Å². The smallest absolute Gasteiger partial charge is 0.273 e. The number of nitro benzene ring substituents is 1. The minimum Gasteiger partial charge on any atom is -0.494 e. The second-order valence-corrected chi connectivity index (χ2v) is 6.45. The Balaban J connectivity index is 1.68. The summed E-state index contributed by atoms with van der Waals surface area (Å²) in [5.74, 6) is 1.18. The van der Waals surface area contributed by atoms with Gasteiger partial charge in [0.05, 0.1) is 35.8 Å². The van der Waals surface area contributed by atoms with Gasteiger partial charge in [-0.05, 0) is 25.1 Å². The van der Waals surface area contributed by atoms with Crippen LogP contribution in [0.4, 0.5) is 11.4 Å². The summed E-state index contributed by atoms with van der Waals surface area (Å²) in [7, 11) is 1.38. The lowest BCUT2D eigenvalue weighted by molar-refractivity contribution is -0.384. The molecular formula is C17H17N5O5S. The summed E-state index contributed by atoms with van der Waals surface area (Å²) in [4.78, 5) is 22.6. The molecule has 0 radical (unpaired) electrons. The van der Waals surface area contributed by atoms with Crippen molar-refractivity contribution < 1.29 is 18.9 Å². The molecule has 0 saturated carbocycles. The van der Waals surface area contributed by atoms with Crippen molar-refractivity contribution in [3.63, 3.8) is 0 Å². The molecule has 1 aromatic carbocycles. The molecule has 0 saturated heterocycles. The minimum atomic E-state index is -0.530. The van der Waals surface area contributed by atoms with Crippen molar-refractivity contribution in [2.45, 2.75) is 18.6 Å². The van der Waals surface area contributed by atoms with Crippen LogP contribution in [-0.2, 0) is 11.3 Å². The van der Waals surface area contributed by atoms with Crippen LogP contribution in [0.15, 0.2) is 46.2 Å². The Bertz CT molecular complexity index is 986. The molecule has 11 heteroatoms. The van der Waals surface area contributed by atoms with E-state index in [4.69, 9.17) is 9.15 Å². The molecule has 2 heterocycles. The molecule has 146 valence electrons. The van der Waals surface area contributed by atoms with Gasteiger partial charge in [0.15, 0.2) is 16.7 Å². The maximum absolute atomic E-state index is 12.3. The van der Waals surface area contributed by atoms with E-state index in [0.29, 0.717) is 29.0 Å². The highest BCUT2D eigenvalue weighted by atomic mass is 32.2. The van der Waals surface area contributed by atoms with Crippen LogP contribution < -0.4 is 10.1 Å². The summed E-state index contributed by atoms with van der Waals surface area (Å²) in [5.41, 5.74) is 0.234. The first kappa shape index (κ1) is 19.4. The van der Waals surface area contributed by atoms with Crippen LogP contribution in [0.5, 0.6) is 5.75 Å². The molecule has 28 heavy (non-hydrogen) atoms. The highest BCUT2D eigenvalue weighted by Gasteiger charge is 2.17. The van der Waals surface area contributed by atoms with E-state index in [1.54, 1.807) is 18.4 Å². The lowest BCUT2D eigenvalue weighted by atomic mass is 10.2. The molecule has 0 aliphatic rings. The van der Waals surface area contributed by atoms with Gasteiger partial charge in [-0.3, -0.25) is 19.5 Å². The number of nitrogens with zero attached hydrogens (tertiary/aromatic N) is 4. The van der Waals surface area contributed by atoms with Gasteiger partial charge in [0, 0.05) is 12.6 Å². The molecule has 1 N–H and O–H groups in total. The molecular weight excluding hydrogens is 386 g/mol. The SMILES string of the molecule is CCn1c(SCC(=O)Nc2ccc([N+](=O)[O-])cc2OC)nnc1-c1ccco1. The lowest BCUT2D eigenvalue weighted by Crippen LogP contribution is -2.15. The maximum Gasteiger partial charge on any atom is 0.273 e. The molecule has 0 spiro atoms. The molecule has 0 bridgehead atoms. The van der Waals surface area contributed by atoms with Gasteiger partial charge in [0.2, 0.25) is 5.91 Å². The van der Waals surface area contributed by atoms with Crippen molar-refractivity contribution >= 4 is 29.0 Å². The zero-order valence-corrected chi connectivity index (χ0v) is 15.9. The van der Waals surface area contributed by atoms with Gasteiger partial charge in [0.25, 0.3) is 5.69 Å². The first-order valence-electron chi connectivity index (χ1n) is 8.25. The third-order valence-electron chi connectivity index (χ3n) is 3.78. The van der Waals surface area contributed by atoms with Gasteiger partial charge in [0.1, 0.15) is 5.75 Å². The van der Waals surface area contributed by atoms with E-state index in [9.17, 15) is 14.9 Å². The average molecular weight is 403 g/mol. The first-order chi connectivity index (χ1) is 13.5. The van der Waals surface area contributed by atoms with Crippen molar-refractivity contribution in [2.75, 3.05) is 18.2 Å². The van der Waals surface area contributed by atoms with E-state index < -0.39 is 4.92 Å². The predicted octanol–water partition coefficient (Wildman–Crippen LogP) is 3.21. The van der Waals surface area contributed by atoms with Crippen molar-refractivity contribution in [3.05, 3.63) is 46.7 Å². The Hall–Kier alpha value is -3.34. The number of carbonyl (C=O) groups is 1. The number of thioether (sulfide) groups is 1. The number of amides is 1. The van der Waals surface area contributed by atoms with E-state index in [1.165, 1.54) is 37.1 Å². The Labute approximate surface area is 164 Å². The topological polar surface area (TPSA) is 125 Å². The molecule has 0 aliphatic carbocycles. The van der Waals surface area contributed by atoms with E-state index in [2.05, 4.69) is 15.5 Å². The normalized spacial score (nSPS) is 10.6. The van der Waals surface area contributed by atoms with Gasteiger partial charge in [-0.15, -0.1) is 10.2 Å². The molecule has 2 aromatic heterocycles. The van der Waals surface area contributed by atoms with E-state index in [0.717, 1.165) is 0 Å². The lowest BCUT2D eigenvalue weighted by Gasteiger charge is -2.10. The fraction of sp³-hybridized carbons (Fsp3) is 0.235. The summed E-state index contributed by atoms with van der Waals surface area (Å²) in [6, 6.07) is 7.55. The molecule has 1 amide bonds. The number of nitrogens with one attached hydrogen (secondary N) is 1. The number of aromatic nitrogens is 3. The monoisotopic (exact) mass is 403 g/mol. The number of benzene rings is 1. The zero-order valence-electron chi connectivity index (χ0n) is 15.1. The summed E-state index contributed by atoms with van der Waals surface area (Å²) >= 11 is 1.23. The van der Waals surface area contributed by atoms with Crippen LogP contribution in [0.3, 0.4) is 0 Å². The number of methoxy groups -OCH3 is 1. The van der Waals surface area contributed by atoms with Crippen LogP contribution in [-0.4, -0.2) is 38.5 Å². The van der Waals surface area contributed by atoms with E-state index in [1.807, 2.05) is 11.5 Å². The fourth-order valence-electron chi connectivity index (χ4n) is 2.48. The third kappa shape index (κ3) is 4.14. The molecule has 0 unspecified atom stereocenters. The number of anilines is 1.